The van der Waals surface area contributed by atoms with E-state index in [2.05, 4.69) is 33.2 Å². The molecule has 8 heteroatoms. The number of likely N-dealkylation sites (tertiary alicyclic amines) is 1. The Hall–Kier alpha value is -2.19. The molecule has 0 spiro atoms. The first kappa shape index (κ1) is 24.2. The molecule has 4 heterocycles. The Bertz CT molecular complexity index is 1060. The van der Waals surface area contributed by atoms with Gasteiger partial charge in [0.15, 0.2) is 0 Å². The fraction of sp³-hybridized carbons (Fsp3) is 0.750. The number of nitrogens with zero attached hydrogens (tertiary/aromatic N) is 4. The van der Waals surface area contributed by atoms with Crippen LogP contribution in [-0.4, -0.2) is 68.8 Å². The van der Waals surface area contributed by atoms with Crippen LogP contribution < -0.4 is 10.6 Å². The van der Waals surface area contributed by atoms with Gasteiger partial charge >= 0.3 is 0 Å². The normalized spacial score (nSPS) is 31.5. The van der Waals surface area contributed by atoms with Gasteiger partial charge in [0, 0.05) is 49.5 Å². The lowest BCUT2D eigenvalue weighted by atomic mass is 9.88. The van der Waals surface area contributed by atoms with Gasteiger partial charge in [0.1, 0.15) is 5.65 Å². The number of piperidine rings is 2. The van der Waals surface area contributed by atoms with Crippen molar-refractivity contribution >= 4 is 22.9 Å². The summed E-state index contributed by atoms with van der Waals surface area (Å²) in [5.74, 6) is 2.40. The zero-order valence-corrected chi connectivity index (χ0v) is 21.7. The number of anilines is 1. The molecule has 1 amide bonds. The van der Waals surface area contributed by atoms with Crippen molar-refractivity contribution in [2.75, 3.05) is 31.5 Å². The molecule has 2 aromatic rings. The lowest BCUT2D eigenvalue weighted by Crippen LogP contribution is -2.45. The second-order valence-electron chi connectivity index (χ2n) is 11.7. The summed E-state index contributed by atoms with van der Waals surface area (Å²) in [6, 6.07) is 0.874. The highest BCUT2D eigenvalue weighted by Crippen LogP contribution is 2.40. The number of fused-ring (bicyclic) bond motifs is 1. The van der Waals surface area contributed by atoms with Crippen LogP contribution in [0, 0.1) is 11.8 Å². The number of aliphatic hydroxyl groups excluding tert-OH is 1. The molecule has 0 bridgehead atoms. The molecule has 2 saturated heterocycles. The van der Waals surface area contributed by atoms with Gasteiger partial charge in [-0.15, -0.1) is 0 Å². The fourth-order valence-corrected chi connectivity index (χ4v) is 6.84. The highest BCUT2D eigenvalue weighted by Gasteiger charge is 2.36. The van der Waals surface area contributed by atoms with Crippen molar-refractivity contribution in [2.45, 2.75) is 95.2 Å². The molecule has 2 aromatic heterocycles. The number of carbonyl (C=O) groups is 1. The number of aromatic nitrogens is 3. The molecule has 4 aliphatic rings. The topological polar surface area (TPSA) is 95.3 Å². The van der Waals surface area contributed by atoms with Crippen molar-refractivity contribution in [2.24, 2.45) is 11.8 Å². The standard InChI is InChI=1S/C28H42N6O2/c1-2-18-14-25(18)31-28-30-16-23-24(17-34(26(23)32-28)21-5-7-22(35)8-6-21)19-9-12-33(13-10-19)27(36)20-4-3-11-29-15-20/h16-22,25,29,35H,2-15H2,1H3,(H,30,31,32)/t18-,20+,21?,22?,25-/m0/s1. The SMILES string of the molecule is CC[C@H]1C[C@@H]1Nc1ncc2c(C3CCN(C(=O)[C@@H]4CCCNC4)CC3)cn(C3CCC(O)CC3)c2n1. The highest BCUT2D eigenvalue weighted by atomic mass is 16.3. The molecule has 0 radical (unpaired) electrons. The van der Waals surface area contributed by atoms with E-state index in [1.165, 1.54) is 18.4 Å². The Balaban J connectivity index is 1.22. The van der Waals surface area contributed by atoms with Gasteiger partial charge in [-0.05, 0) is 81.7 Å². The van der Waals surface area contributed by atoms with Crippen molar-refractivity contribution in [1.29, 1.82) is 0 Å². The van der Waals surface area contributed by atoms with E-state index in [0.717, 1.165) is 100 Å². The van der Waals surface area contributed by atoms with E-state index in [1.54, 1.807) is 0 Å². The Morgan fingerprint density at radius 3 is 2.67 bits per heavy atom. The molecule has 8 nitrogen and oxygen atoms in total. The first-order chi connectivity index (χ1) is 17.6. The molecule has 3 N–H and O–H groups in total. The first-order valence-corrected chi connectivity index (χ1v) is 14.4. The smallest absolute Gasteiger partial charge is 0.226 e. The van der Waals surface area contributed by atoms with Crippen molar-refractivity contribution in [3.8, 4) is 0 Å². The second kappa shape index (κ2) is 10.3. The molecule has 196 valence electrons. The van der Waals surface area contributed by atoms with Crippen molar-refractivity contribution < 1.29 is 9.90 Å². The van der Waals surface area contributed by atoms with E-state index in [4.69, 9.17) is 9.97 Å². The van der Waals surface area contributed by atoms with Crippen molar-refractivity contribution in [3.63, 3.8) is 0 Å². The highest BCUT2D eigenvalue weighted by molar-refractivity contribution is 5.82. The predicted octanol–water partition coefficient (Wildman–Crippen LogP) is 3.82. The molecular weight excluding hydrogens is 452 g/mol. The Morgan fingerprint density at radius 1 is 1.17 bits per heavy atom. The van der Waals surface area contributed by atoms with Gasteiger partial charge in [-0.1, -0.05) is 13.3 Å². The lowest BCUT2D eigenvalue weighted by molar-refractivity contribution is -0.137. The van der Waals surface area contributed by atoms with Crippen LogP contribution in [0.3, 0.4) is 0 Å². The third kappa shape index (κ3) is 4.86. The summed E-state index contributed by atoms with van der Waals surface area (Å²) in [6.45, 7) is 5.78. The molecule has 2 saturated carbocycles. The van der Waals surface area contributed by atoms with E-state index < -0.39 is 0 Å². The van der Waals surface area contributed by atoms with E-state index in [0.29, 0.717) is 23.9 Å². The number of rotatable bonds is 6. The van der Waals surface area contributed by atoms with Gasteiger partial charge in [-0.2, -0.15) is 4.98 Å². The maximum Gasteiger partial charge on any atom is 0.226 e. The number of aliphatic hydroxyl groups is 1. The van der Waals surface area contributed by atoms with Crippen LogP contribution in [0.5, 0.6) is 0 Å². The van der Waals surface area contributed by atoms with Gasteiger partial charge in [0.25, 0.3) is 0 Å². The summed E-state index contributed by atoms with van der Waals surface area (Å²) in [7, 11) is 0. The summed E-state index contributed by atoms with van der Waals surface area (Å²) in [5.41, 5.74) is 2.37. The molecule has 4 fully saturated rings. The number of nitrogens with one attached hydrogen (secondary N) is 2. The number of hydrogen-bond donors (Lipinski definition) is 3. The van der Waals surface area contributed by atoms with Crippen LogP contribution in [0.4, 0.5) is 5.95 Å². The van der Waals surface area contributed by atoms with Crippen molar-refractivity contribution in [3.05, 3.63) is 18.0 Å². The Morgan fingerprint density at radius 2 is 1.97 bits per heavy atom. The molecule has 2 aliphatic carbocycles. The molecule has 0 unspecified atom stereocenters. The van der Waals surface area contributed by atoms with Gasteiger partial charge in [-0.25, -0.2) is 4.98 Å². The molecular formula is C28H42N6O2. The summed E-state index contributed by atoms with van der Waals surface area (Å²) in [6.07, 6.45) is 14.4. The number of amides is 1. The fourth-order valence-electron chi connectivity index (χ4n) is 6.84. The van der Waals surface area contributed by atoms with Crippen LogP contribution in [0.15, 0.2) is 12.4 Å². The summed E-state index contributed by atoms with van der Waals surface area (Å²) in [4.78, 5) is 24.9. The summed E-state index contributed by atoms with van der Waals surface area (Å²) >= 11 is 0. The van der Waals surface area contributed by atoms with Gasteiger partial charge < -0.3 is 25.2 Å². The van der Waals surface area contributed by atoms with Crippen molar-refractivity contribution in [1.82, 2.24) is 24.8 Å². The lowest BCUT2D eigenvalue weighted by Gasteiger charge is -2.35. The van der Waals surface area contributed by atoms with E-state index in [1.807, 2.05) is 6.20 Å². The summed E-state index contributed by atoms with van der Waals surface area (Å²) in [5, 5.41) is 18.2. The van der Waals surface area contributed by atoms with E-state index in [-0.39, 0.29) is 12.0 Å². The summed E-state index contributed by atoms with van der Waals surface area (Å²) < 4.78 is 2.39. The minimum Gasteiger partial charge on any atom is -0.393 e. The predicted molar refractivity (Wildman–Crippen MR) is 141 cm³/mol. The monoisotopic (exact) mass is 494 g/mol. The number of hydrogen-bond acceptors (Lipinski definition) is 6. The molecule has 6 rings (SSSR count). The average molecular weight is 495 g/mol. The second-order valence-corrected chi connectivity index (χ2v) is 11.7. The van der Waals surface area contributed by atoms with Crippen LogP contribution in [-0.2, 0) is 4.79 Å². The third-order valence-electron chi connectivity index (χ3n) is 9.32. The van der Waals surface area contributed by atoms with Crippen LogP contribution >= 0.6 is 0 Å². The van der Waals surface area contributed by atoms with Gasteiger partial charge in [-0.3, -0.25) is 4.79 Å². The third-order valence-corrected chi connectivity index (χ3v) is 9.32. The quantitative estimate of drug-likeness (QED) is 0.565. The van der Waals surface area contributed by atoms with E-state index in [9.17, 15) is 9.90 Å². The zero-order valence-electron chi connectivity index (χ0n) is 21.7. The minimum atomic E-state index is -0.170. The van der Waals surface area contributed by atoms with Crippen LogP contribution in [0.25, 0.3) is 11.0 Å². The first-order valence-electron chi connectivity index (χ1n) is 14.4. The van der Waals surface area contributed by atoms with Gasteiger partial charge in [0.05, 0.1) is 12.0 Å². The zero-order chi connectivity index (χ0) is 24.6. The largest absolute Gasteiger partial charge is 0.393 e. The Kier molecular flexibility index (Phi) is 6.90. The minimum absolute atomic E-state index is 0.150. The van der Waals surface area contributed by atoms with Crippen LogP contribution in [0.1, 0.15) is 88.7 Å². The molecule has 3 atom stereocenters. The molecule has 2 aliphatic heterocycles. The molecule has 0 aromatic carbocycles. The average Bonchev–Trinajstić information content (AvgIpc) is 3.58. The van der Waals surface area contributed by atoms with Crippen LogP contribution in [0.2, 0.25) is 0 Å². The maximum atomic E-state index is 13.1. The number of carbonyl (C=O) groups excluding carboxylic acids is 1. The van der Waals surface area contributed by atoms with Gasteiger partial charge in [0.2, 0.25) is 11.9 Å². The Labute approximate surface area is 214 Å². The van der Waals surface area contributed by atoms with E-state index >= 15 is 0 Å². The molecule has 36 heavy (non-hydrogen) atoms. The maximum absolute atomic E-state index is 13.1.